The molecule has 42 heavy (non-hydrogen) atoms. The first-order valence-corrected chi connectivity index (χ1v) is 15.0. The lowest BCUT2D eigenvalue weighted by molar-refractivity contribution is 0.0964. The number of nitrogens with one attached hydrogen (secondary N) is 1. The number of furan rings is 1. The highest BCUT2D eigenvalue weighted by Gasteiger charge is 2.26. The summed E-state index contributed by atoms with van der Waals surface area (Å²) in [5.41, 5.74) is 5.24. The first-order chi connectivity index (χ1) is 20.1. The fraction of sp³-hybridized carbons (Fsp3) is 0.0909. The van der Waals surface area contributed by atoms with Gasteiger partial charge in [-0.25, -0.2) is 17.8 Å². The van der Waals surface area contributed by atoms with Crippen molar-refractivity contribution in [1.29, 1.82) is 0 Å². The van der Waals surface area contributed by atoms with Crippen molar-refractivity contribution in [2.75, 3.05) is 24.7 Å². The van der Waals surface area contributed by atoms with E-state index in [1.54, 1.807) is 12.1 Å². The van der Waals surface area contributed by atoms with Gasteiger partial charge in [0.15, 0.2) is 0 Å². The van der Waals surface area contributed by atoms with E-state index in [9.17, 15) is 17.6 Å². The molecular formula is C33H26FN3O4S. The first-order valence-electron chi connectivity index (χ1n) is 13.1. The number of carbonyl (C=O) groups excluding carboxylic acids is 1. The largest absolute Gasteiger partial charge is 0.455 e. The molecule has 0 unspecified atom stereocenters. The predicted molar refractivity (Wildman–Crippen MR) is 164 cm³/mol. The van der Waals surface area contributed by atoms with Gasteiger partial charge in [0.05, 0.1) is 28.7 Å². The van der Waals surface area contributed by atoms with Crippen LogP contribution in [-0.4, -0.2) is 39.7 Å². The molecule has 2 aromatic heterocycles. The molecular weight excluding hydrogens is 553 g/mol. The zero-order valence-corrected chi connectivity index (χ0v) is 23.9. The normalized spacial score (nSPS) is 11.6. The van der Waals surface area contributed by atoms with Crippen LogP contribution in [0.1, 0.15) is 10.4 Å². The molecule has 0 saturated carbocycles. The third-order valence-corrected chi connectivity index (χ3v) is 8.46. The van der Waals surface area contributed by atoms with E-state index in [1.807, 2.05) is 60.7 Å². The van der Waals surface area contributed by atoms with Crippen molar-refractivity contribution in [3.05, 3.63) is 108 Å². The number of amides is 1. The summed E-state index contributed by atoms with van der Waals surface area (Å²) in [4.78, 5) is 18.0. The number of pyridine rings is 1. The standard InChI is InChI=1S/C33H26FN3O4S/c1-35-33(38)31-26-18-25(22-8-6-9-23(17-22)28-16-13-20-7-4-5-10-27(20)36-28)29(37(2)42(3,39)40)19-30(26)41-32(31)21-11-14-24(34)15-12-21/h4-19H,1-3H3,(H,35,38). The number of carbonyl (C=O) groups is 1. The fourth-order valence-corrected chi connectivity index (χ4v) is 5.54. The lowest BCUT2D eigenvalue weighted by Gasteiger charge is -2.21. The molecule has 1 N–H and O–H groups in total. The highest BCUT2D eigenvalue weighted by atomic mass is 32.2. The molecule has 0 aliphatic heterocycles. The zero-order valence-electron chi connectivity index (χ0n) is 23.1. The minimum atomic E-state index is -3.66. The molecule has 0 fully saturated rings. The van der Waals surface area contributed by atoms with Crippen LogP contribution in [0.3, 0.4) is 0 Å². The molecule has 6 rings (SSSR count). The van der Waals surface area contributed by atoms with Gasteiger partial charge in [-0.05, 0) is 54.1 Å². The summed E-state index contributed by atoms with van der Waals surface area (Å²) < 4.78 is 46.5. The van der Waals surface area contributed by atoms with Crippen LogP contribution < -0.4 is 9.62 Å². The van der Waals surface area contributed by atoms with Gasteiger partial charge in [-0.2, -0.15) is 0 Å². The molecule has 0 aliphatic rings. The van der Waals surface area contributed by atoms with Gasteiger partial charge in [0, 0.05) is 47.6 Å². The second-order valence-electron chi connectivity index (χ2n) is 9.96. The maximum atomic E-state index is 13.7. The van der Waals surface area contributed by atoms with Gasteiger partial charge >= 0.3 is 0 Å². The van der Waals surface area contributed by atoms with E-state index in [-0.39, 0.29) is 11.3 Å². The summed E-state index contributed by atoms with van der Waals surface area (Å²) in [5.74, 6) is -0.558. The summed E-state index contributed by atoms with van der Waals surface area (Å²) in [6.45, 7) is 0. The van der Waals surface area contributed by atoms with E-state index < -0.39 is 21.7 Å². The Kier molecular flexibility index (Phi) is 6.74. The SMILES string of the molecule is CNC(=O)c1c(-c2ccc(F)cc2)oc2cc(N(C)S(C)(=O)=O)c(-c3cccc(-c4ccc5ccccc5n4)c3)cc12. The maximum Gasteiger partial charge on any atom is 0.255 e. The predicted octanol–water partition coefficient (Wildman–Crippen LogP) is 6.88. The molecule has 6 aromatic rings. The number of nitrogens with zero attached hydrogens (tertiary/aromatic N) is 2. The summed E-state index contributed by atoms with van der Waals surface area (Å²) in [5, 5.41) is 4.18. The van der Waals surface area contributed by atoms with Gasteiger partial charge in [0.25, 0.3) is 5.91 Å². The molecule has 0 spiro atoms. The Morgan fingerprint density at radius 3 is 2.36 bits per heavy atom. The quantitative estimate of drug-likeness (QED) is 0.232. The highest BCUT2D eigenvalue weighted by Crippen LogP contribution is 2.42. The van der Waals surface area contributed by atoms with Crippen LogP contribution in [0.15, 0.2) is 101 Å². The van der Waals surface area contributed by atoms with Crippen molar-refractivity contribution in [3.8, 4) is 33.7 Å². The van der Waals surface area contributed by atoms with Crippen LogP contribution in [0, 0.1) is 5.82 Å². The van der Waals surface area contributed by atoms with E-state index in [2.05, 4.69) is 5.32 Å². The van der Waals surface area contributed by atoms with Crippen LogP contribution >= 0.6 is 0 Å². The van der Waals surface area contributed by atoms with E-state index in [1.165, 1.54) is 42.7 Å². The molecule has 0 bridgehead atoms. The van der Waals surface area contributed by atoms with Crippen molar-refractivity contribution < 1.29 is 22.0 Å². The number of para-hydroxylation sites is 1. The number of aromatic nitrogens is 1. The molecule has 210 valence electrons. The lowest BCUT2D eigenvalue weighted by atomic mass is 9.96. The van der Waals surface area contributed by atoms with Gasteiger partial charge in [-0.3, -0.25) is 9.10 Å². The Bertz CT molecular complexity index is 2100. The number of hydrogen-bond donors (Lipinski definition) is 1. The number of fused-ring (bicyclic) bond motifs is 2. The molecule has 0 aliphatic carbocycles. The topological polar surface area (TPSA) is 92.5 Å². The summed E-state index contributed by atoms with van der Waals surface area (Å²) >= 11 is 0. The van der Waals surface area contributed by atoms with Crippen molar-refractivity contribution in [2.24, 2.45) is 0 Å². The monoisotopic (exact) mass is 579 g/mol. The Morgan fingerprint density at radius 2 is 1.62 bits per heavy atom. The van der Waals surface area contributed by atoms with Crippen molar-refractivity contribution >= 4 is 43.5 Å². The van der Waals surface area contributed by atoms with Crippen LogP contribution in [0.25, 0.3) is 55.6 Å². The number of hydrogen-bond acceptors (Lipinski definition) is 5. The number of benzene rings is 4. The van der Waals surface area contributed by atoms with Crippen molar-refractivity contribution in [2.45, 2.75) is 0 Å². The molecule has 2 heterocycles. The second-order valence-corrected chi connectivity index (χ2v) is 12.0. The van der Waals surface area contributed by atoms with Crippen LogP contribution in [0.4, 0.5) is 10.1 Å². The number of halogens is 1. The average molecular weight is 580 g/mol. The van der Waals surface area contributed by atoms with Gasteiger partial charge in [0.1, 0.15) is 17.2 Å². The van der Waals surface area contributed by atoms with E-state index in [0.717, 1.165) is 34.0 Å². The molecule has 9 heteroatoms. The Hall–Kier alpha value is -5.02. The molecule has 0 saturated heterocycles. The minimum Gasteiger partial charge on any atom is -0.455 e. The Morgan fingerprint density at radius 1 is 0.881 bits per heavy atom. The van der Waals surface area contributed by atoms with Gasteiger partial charge < -0.3 is 9.73 Å². The first kappa shape index (κ1) is 27.2. The smallest absolute Gasteiger partial charge is 0.255 e. The third kappa shape index (κ3) is 4.88. The van der Waals surface area contributed by atoms with Gasteiger partial charge in [0.2, 0.25) is 10.0 Å². The van der Waals surface area contributed by atoms with E-state index in [0.29, 0.717) is 27.8 Å². The van der Waals surface area contributed by atoms with E-state index >= 15 is 0 Å². The number of rotatable bonds is 6. The average Bonchev–Trinajstić information content (AvgIpc) is 3.37. The fourth-order valence-electron chi connectivity index (χ4n) is 5.03. The summed E-state index contributed by atoms with van der Waals surface area (Å²) in [7, 11) is -0.678. The van der Waals surface area contributed by atoms with Crippen molar-refractivity contribution in [3.63, 3.8) is 0 Å². The second kappa shape index (κ2) is 10.4. The van der Waals surface area contributed by atoms with Crippen LogP contribution in [0.2, 0.25) is 0 Å². The van der Waals surface area contributed by atoms with E-state index in [4.69, 9.17) is 9.40 Å². The summed E-state index contributed by atoms with van der Waals surface area (Å²) in [6.07, 6.45) is 1.12. The maximum absolute atomic E-state index is 13.7. The molecule has 1 amide bonds. The molecule has 0 atom stereocenters. The van der Waals surface area contributed by atoms with Gasteiger partial charge in [-0.15, -0.1) is 0 Å². The Labute approximate surface area is 242 Å². The zero-order chi connectivity index (χ0) is 29.6. The molecule has 7 nitrogen and oxygen atoms in total. The van der Waals surface area contributed by atoms with Gasteiger partial charge in [-0.1, -0.05) is 42.5 Å². The number of sulfonamides is 1. The number of anilines is 1. The summed E-state index contributed by atoms with van der Waals surface area (Å²) in [6, 6.07) is 28.5. The minimum absolute atomic E-state index is 0.253. The molecule has 4 aromatic carbocycles. The van der Waals surface area contributed by atoms with Crippen LogP contribution in [-0.2, 0) is 10.0 Å². The molecule has 0 radical (unpaired) electrons. The van der Waals surface area contributed by atoms with Crippen LogP contribution in [0.5, 0.6) is 0 Å². The van der Waals surface area contributed by atoms with Crippen molar-refractivity contribution in [1.82, 2.24) is 10.3 Å². The Balaban J connectivity index is 1.60. The lowest BCUT2D eigenvalue weighted by Crippen LogP contribution is -2.25. The third-order valence-electron chi connectivity index (χ3n) is 7.27. The highest BCUT2D eigenvalue weighted by molar-refractivity contribution is 7.92.